The second-order valence-corrected chi connectivity index (χ2v) is 5.27. The highest BCUT2D eigenvalue weighted by Gasteiger charge is 2.14. The van der Waals surface area contributed by atoms with E-state index in [9.17, 15) is 14.9 Å². The van der Waals surface area contributed by atoms with Crippen LogP contribution in [0.15, 0.2) is 12.1 Å². The van der Waals surface area contributed by atoms with Gasteiger partial charge in [-0.1, -0.05) is 13.3 Å². The molecule has 7 heteroatoms. The molecule has 1 aromatic rings. The van der Waals surface area contributed by atoms with Gasteiger partial charge in [0.15, 0.2) is 0 Å². The Morgan fingerprint density at radius 1 is 1.43 bits per heavy atom. The van der Waals surface area contributed by atoms with Gasteiger partial charge in [0.2, 0.25) is 0 Å². The van der Waals surface area contributed by atoms with Crippen LogP contribution >= 0.6 is 0 Å². The Morgan fingerprint density at radius 2 is 2.10 bits per heavy atom. The molecule has 0 aliphatic carbocycles. The van der Waals surface area contributed by atoms with Crippen LogP contribution in [0.4, 0.5) is 11.5 Å². The van der Waals surface area contributed by atoms with Crippen molar-refractivity contribution in [3.8, 4) is 0 Å². The van der Waals surface area contributed by atoms with Crippen molar-refractivity contribution < 1.29 is 14.8 Å². The van der Waals surface area contributed by atoms with Crippen LogP contribution in [-0.2, 0) is 4.79 Å². The maximum Gasteiger partial charge on any atom is 0.306 e. The van der Waals surface area contributed by atoms with E-state index in [1.54, 1.807) is 19.9 Å². The first-order valence-corrected chi connectivity index (χ1v) is 6.92. The minimum atomic E-state index is -0.775. The van der Waals surface area contributed by atoms with E-state index in [1.807, 2.05) is 6.92 Å². The third-order valence-corrected chi connectivity index (χ3v) is 3.34. The van der Waals surface area contributed by atoms with Gasteiger partial charge < -0.3 is 10.4 Å². The number of hydrogen-bond acceptors (Lipinski definition) is 5. The summed E-state index contributed by atoms with van der Waals surface area (Å²) in [5.74, 6) is -0.517. The molecular formula is C14H21N3O4. The molecule has 1 aromatic heterocycles. The second kappa shape index (κ2) is 7.56. The van der Waals surface area contributed by atoms with Crippen LogP contribution < -0.4 is 5.32 Å². The number of anilines is 1. The van der Waals surface area contributed by atoms with E-state index >= 15 is 0 Å². The molecule has 0 amide bonds. The van der Waals surface area contributed by atoms with E-state index < -0.39 is 10.9 Å². The first-order valence-electron chi connectivity index (χ1n) is 6.92. The van der Waals surface area contributed by atoms with Gasteiger partial charge in [0, 0.05) is 12.1 Å². The van der Waals surface area contributed by atoms with E-state index in [-0.39, 0.29) is 17.6 Å². The molecule has 1 heterocycles. The fourth-order valence-electron chi connectivity index (χ4n) is 2.01. The number of rotatable bonds is 8. The highest BCUT2D eigenvalue weighted by molar-refractivity contribution is 5.69. The smallest absolute Gasteiger partial charge is 0.306 e. The first kappa shape index (κ1) is 16.9. The van der Waals surface area contributed by atoms with Gasteiger partial charge in [-0.3, -0.25) is 14.9 Å². The minimum absolute atomic E-state index is 0.00323. The molecule has 2 unspecified atom stereocenters. The standard InChI is InChI=1S/C14H21N3O4/c1-9(14(18)19)5-4-6-10(2)15-13-8-7-12(17(20)21)11(3)16-13/h7-10H,4-6H2,1-3H3,(H,15,16)(H,18,19). The minimum Gasteiger partial charge on any atom is -0.481 e. The molecule has 0 aliphatic heterocycles. The van der Waals surface area contributed by atoms with Crippen molar-refractivity contribution in [2.24, 2.45) is 5.92 Å². The van der Waals surface area contributed by atoms with Crippen molar-refractivity contribution in [3.05, 3.63) is 27.9 Å². The zero-order valence-electron chi connectivity index (χ0n) is 12.5. The summed E-state index contributed by atoms with van der Waals surface area (Å²) in [7, 11) is 0. The molecule has 116 valence electrons. The number of nitrogens with zero attached hydrogens (tertiary/aromatic N) is 2. The number of carboxylic acid groups (broad SMARTS) is 1. The predicted molar refractivity (Wildman–Crippen MR) is 79.4 cm³/mol. The zero-order chi connectivity index (χ0) is 16.0. The van der Waals surface area contributed by atoms with E-state index in [0.717, 1.165) is 12.8 Å². The SMILES string of the molecule is Cc1nc(NC(C)CCCC(C)C(=O)O)ccc1[N+](=O)[O-]. The monoisotopic (exact) mass is 295 g/mol. The van der Waals surface area contributed by atoms with Crippen LogP contribution in [0.5, 0.6) is 0 Å². The average molecular weight is 295 g/mol. The Bertz CT molecular complexity index is 519. The molecule has 1 rings (SSSR count). The fraction of sp³-hybridized carbons (Fsp3) is 0.571. The molecule has 0 spiro atoms. The molecule has 21 heavy (non-hydrogen) atoms. The number of aryl methyl sites for hydroxylation is 1. The summed E-state index contributed by atoms with van der Waals surface area (Å²) in [5, 5.41) is 22.7. The number of carboxylic acids is 1. The van der Waals surface area contributed by atoms with Crippen LogP contribution in [0.3, 0.4) is 0 Å². The third-order valence-electron chi connectivity index (χ3n) is 3.34. The number of nitro groups is 1. The van der Waals surface area contributed by atoms with E-state index in [2.05, 4.69) is 10.3 Å². The second-order valence-electron chi connectivity index (χ2n) is 5.27. The Kier molecular flexibility index (Phi) is 6.08. The predicted octanol–water partition coefficient (Wildman–Crippen LogP) is 2.99. The summed E-state index contributed by atoms with van der Waals surface area (Å²) in [6.45, 7) is 5.27. The number of pyridine rings is 1. The third kappa shape index (κ3) is 5.37. The summed E-state index contributed by atoms with van der Waals surface area (Å²) < 4.78 is 0. The Labute approximate surface area is 123 Å². The lowest BCUT2D eigenvalue weighted by atomic mass is 10.0. The number of carbonyl (C=O) groups is 1. The van der Waals surface area contributed by atoms with E-state index in [1.165, 1.54) is 6.07 Å². The lowest BCUT2D eigenvalue weighted by molar-refractivity contribution is -0.385. The van der Waals surface area contributed by atoms with E-state index in [0.29, 0.717) is 17.9 Å². The topological polar surface area (TPSA) is 105 Å². The maximum atomic E-state index is 10.7. The van der Waals surface area contributed by atoms with Gasteiger partial charge >= 0.3 is 5.97 Å². The van der Waals surface area contributed by atoms with Gasteiger partial charge in [0.1, 0.15) is 11.5 Å². The van der Waals surface area contributed by atoms with Gasteiger partial charge in [-0.2, -0.15) is 0 Å². The summed E-state index contributed by atoms with van der Waals surface area (Å²) in [5.41, 5.74) is 0.375. The van der Waals surface area contributed by atoms with Gasteiger partial charge in [0.05, 0.1) is 10.8 Å². The summed E-state index contributed by atoms with van der Waals surface area (Å²) in [4.78, 5) is 25.1. The van der Waals surface area contributed by atoms with Crippen LogP contribution in [0.2, 0.25) is 0 Å². The summed E-state index contributed by atoms with van der Waals surface area (Å²) in [6.07, 6.45) is 2.25. The number of aromatic nitrogens is 1. The first-order chi connectivity index (χ1) is 9.81. The van der Waals surface area contributed by atoms with Crippen molar-refractivity contribution in [1.29, 1.82) is 0 Å². The van der Waals surface area contributed by atoms with Crippen LogP contribution in [0.1, 0.15) is 38.8 Å². The van der Waals surface area contributed by atoms with Crippen LogP contribution in [0.25, 0.3) is 0 Å². The molecule has 0 aromatic carbocycles. The normalized spacial score (nSPS) is 13.5. The summed E-state index contributed by atoms with van der Waals surface area (Å²) >= 11 is 0. The molecule has 0 aliphatic rings. The highest BCUT2D eigenvalue weighted by atomic mass is 16.6. The maximum absolute atomic E-state index is 10.7. The van der Waals surface area contributed by atoms with Crippen molar-refractivity contribution in [2.75, 3.05) is 5.32 Å². The van der Waals surface area contributed by atoms with Crippen molar-refractivity contribution >= 4 is 17.5 Å². The number of hydrogen-bond donors (Lipinski definition) is 2. The number of aliphatic carboxylic acids is 1. The quantitative estimate of drug-likeness (QED) is 0.564. The molecule has 0 saturated carbocycles. The van der Waals surface area contributed by atoms with Gasteiger partial charge in [-0.15, -0.1) is 0 Å². The Balaban J connectivity index is 2.48. The van der Waals surface area contributed by atoms with Crippen molar-refractivity contribution in [3.63, 3.8) is 0 Å². The molecule has 0 radical (unpaired) electrons. The largest absolute Gasteiger partial charge is 0.481 e. The number of nitrogens with one attached hydrogen (secondary N) is 1. The molecule has 0 bridgehead atoms. The van der Waals surface area contributed by atoms with Crippen LogP contribution in [-0.4, -0.2) is 27.0 Å². The van der Waals surface area contributed by atoms with Crippen molar-refractivity contribution in [2.45, 2.75) is 46.1 Å². The van der Waals surface area contributed by atoms with E-state index in [4.69, 9.17) is 5.11 Å². The Hall–Kier alpha value is -2.18. The lowest BCUT2D eigenvalue weighted by Crippen LogP contribution is -2.17. The molecule has 7 nitrogen and oxygen atoms in total. The lowest BCUT2D eigenvalue weighted by Gasteiger charge is -2.15. The van der Waals surface area contributed by atoms with Crippen molar-refractivity contribution in [1.82, 2.24) is 4.98 Å². The van der Waals surface area contributed by atoms with Gasteiger partial charge in [0.25, 0.3) is 5.69 Å². The average Bonchev–Trinajstić information content (AvgIpc) is 2.37. The molecule has 2 atom stereocenters. The fourth-order valence-corrected chi connectivity index (χ4v) is 2.01. The molecule has 0 saturated heterocycles. The zero-order valence-corrected chi connectivity index (χ0v) is 12.5. The highest BCUT2D eigenvalue weighted by Crippen LogP contribution is 2.19. The molecular weight excluding hydrogens is 274 g/mol. The van der Waals surface area contributed by atoms with Gasteiger partial charge in [-0.25, -0.2) is 4.98 Å². The Morgan fingerprint density at radius 3 is 2.62 bits per heavy atom. The van der Waals surface area contributed by atoms with Gasteiger partial charge in [-0.05, 0) is 32.8 Å². The summed E-state index contributed by atoms with van der Waals surface area (Å²) in [6, 6.07) is 3.14. The van der Waals surface area contributed by atoms with Crippen LogP contribution in [0, 0.1) is 23.0 Å². The molecule has 0 fully saturated rings. The molecule has 2 N–H and O–H groups in total.